The molecule has 1 N–H and O–H groups in total. The van der Waals surface area contributed by atoms with Gasteiger partial charge in [0, 0.05) is 12.3 Å². The molecule has 0 saturated carbocycles. The molecule has 3 rings (SSSR count). The van der Waals surface area contributed by atoms with Gasteiger partial charge in [-0.05, 0) is 41.8 Å². The van der Waals surface area contributed by atoms with Crippen LogP contribution in [0.3, 0.4) is 0 Å². The maximum Gasteiger partial charge on any atom is 0.168 e. The summed E-state index contributed by atoms with van der Waals surface area (Å²) in [5.74, 6) is -0.443. The number of thioether (sulfide) groups is 1. The van der Waals surface area contributed by atoms with Crippen molar-refractivity contribution in [1.82, 2.24) is 9.55 Å². The molecule has 0 saturated heterocycles. The van der Waals surface area contributed by atoms with Gasteiger partial charge in [-0.2, -0.15) is 0 Å². The van der Waals surface area contributed by atoms with Crippen LogP contribution in [0.4, 0.5) is 8.78 Å². The Labute approximate surface area is 160 Å². The van der Waals surface area contributed by atoms with Gasteiger partial charge < -0.3 is 14.4 Å². The van der Waals surface area contributed by atoms with E-state index < -0.39 is 11.6 Å². The van der Waals surface area contributed by atoms with Gasteiger partial charge >= 0.3 is 0 Å². The topological polar surface area (TPSA) is 47.3 Å². The van der Waals surface area contributed by atoms with E-state index >= 15 is 0 Å². The van der Waals surface area contributed by atoms with Crippen LogP contribution in [0.15, 0.2) is 53.8 Å². The number of aryl methyl sites for hydroxylation is 1. The quantitative estimate of drug-likeness (QED) is 0.586. The fourth-order valence-electron chi connectivity index (χ4n) is 2.68. The van der Waals surface area contributed by atoms with Crippen LogP contribution in [-0.4, -0.2) is 21.8 Å². The second-order valence-corrected chi connectivity index (χ2v) is 6.92. The van der Waals surface area contributed by atoms with Crippen molar-refractivity contribution in [2.24, 2.45) is 0 Å². The molecule has 4 nitrogen and oxygen atoms in total. The van der Waals surface area contributed by atoms with Crippen LogP contribution in [0.2, 0.25) is 0 Å². The first-order valence-electron chi connectivity index (χ1n) is 8.45. The van der Waals surface area contributed by atoms with Crippen molar-refractivity contribution in [3.63, 3.8) is 0 Å². The number of aliphatic hydroxyl groups is 1. The Morgan fingerprint density at radius 2 is 1.81 bits per heavy atom. The summed E-state index contributed by atoms with van der Waals surface area (Å²) >= 11 is 1.42. The molecule has 0 unspecified atom stereocenters. The number of hydrogen-bond acceptors (Lipinski definition) is 4. The second kappa shape index (κ2) is 9.01. The summed E-state index contributed by atoms with van der Waals surface area (Å²) in [5, 5.41) is 10.3. The lowest BCUT2D eigenvalue weighted by atomic mass is 10.1. The molecule has 27 heavy (non-hydrogen) atoms. The van der Waals surface area contributed by atoms with E-state index in [4.69, 9.17) is 4.74 Å². The van der Waals surface area contributed by atoms with Crippen LogP contribution in [0.25, 0.3) is 0 Å². The largest absolute Gasteiger partial charge is 0.497 e. The van der Waals surface area contributed by atoms with E-state index in [1.807, 2.05) is 28.8 Å². The molecule has 0 radical (unpaired) electrons. The molecule has 0 spiro atoms. The SMILES string of the molecule is COc1ccc(CCn2c(CO)cnc2SCc2ccc(F)c(F)c2)cc1. The van der Waals surface area contributed by atoms with Gasteiger partial charge in [-0.3, -0.25) is 0 Å². The van der Waals surface area contributed by atoms with Gasteiger partial charge in [-0.1, -0.05) is 30.0 Å². The minimum absolute atomic E-state index is 0.110. The highest BCUT2D eigenvalue weighted by atomic mass is 32.2. The van der Waals surface area contributed by atoms with E-state index in [0.29, 0.717) is 17.9 Å². The van der Waals surface area contributed by atoms with E-state index in [1.165, 1.54) is 17.8 Å². The molecule has 0 aliphatic heterocycles. The van der Waals surface area contributed by atoms with Crippen LogP contribution in [0, 0.1) is 11.6 Å². The van der Waals surface area contributed by atoms with Gasteiger partial charge in [-0.25, -0.2) is 13.8 Å². The number of nitrogens with zero attached hydrogens (tertiary/aromatic N) is 2. The lowest BCUT2D eigenvalue weighted by molar-refractivity contribution is 0.269. The van der Waals surface area contributed by atoms with Crippen LogP contribution in [0.5, 0.6) is 5.75 Å². The number of hydrogen-bond donors (Lipinski definition) is 1. The fraction of sp³-hybridized carbons (Fsp3) is 0.250. The highest BCUT2D eigenvalue weighted by Crippen LogP contribution is 2.24. The number of imidazole rings is 1. The van der Waals surface area contributed by atoms with Crippen LogP contribution >= 0.6 is 11.8 Å². The standard InChI is InChI=1S/C20H20F2N2O2S/c1-26-17-5-2-14(3-6-17)8-9-24-16(12-25)11-23-20(24)27-13-15-4-7-18(21)19(22)10-15/h2-7,10-11,25H,8-9,12-13H2,1H3. The second-order valence-electron chi connectivity index (χ2n) is 5.98. The average molecular weight is 390 g/mol. The zero-order chi connectivity index (χ0) is 19.2. The molecule has 0 atom stereocenters. The normalized spacial score (nSPS) is 11.0. The van der Waals surface area contributed by atoms with Gasteiger partial charge in [0.15, 0.2) is 16.8 Å². The Balaban J connectivity index is 1.68. The van der Waals surface area contributed by atoms with E-state index in [2.05, 4.69) is 4.98 Å². The smallest absolute Gasteiger partial charge is 0.168 e. The Kier molecular flexibility index (Phi) is 6.47. The van der Waals surface area contributed by atoms with E-state index in [0.717, 1.165) is 34.7 Å². The predicted octanol–water partition coefficient (Wildman–Crippen LogP) is 4.20. The van der Waals surface area contributed by atoms with E-state index in [1.54, 1.807) is 19.4 Å². The summed E-state index contributed by atoms with van der Waals surface area (Å²) < 4.78 is 33.5. The van der Waals surface area contributed by atoms with E-state index in [-0.39, 0.29) is 6.61 Å². The number of benzene rings is 2. The third kappa shape index (κ3) is 4.87. The molecule has 1 aromatic heterocycles. The molecule has 3 aromatic rings. The number of rotatable bonds is 8. The molecule has 0 bridgehead atoms. The Bertz CT molecular complexity index is 897. The Hall–Kier alpha value is -2.38. The molecule has 0 amide bonds. The lowest BCUT2D eigenvalue weighted by Crippen LogP contribution is -2.07. The summed E-state index contributed by atoms with van der Waals surface area (Å²) in [6, 6.07) is 11.7. The van der Waals surface area contributed by atoms with Gasteiger partial charge in [0.25, 0.3) is 0 Å². The summed E-state index contributed by atoms with van der Waals surface area (Å²) in [6.45, 7) is 0.545. The molecule has 7 heteroatoms. The summed E-state index contributed by atoms with van der Waals surface area (Å²) in [5.41, 5.74) is 2.54. The number of ether oxygens (including phenoxy) is 1. The van der Waals surface area contributed by atoms with Crippen molar-refractivity contribution in [2.45, 2.75) is 30.5 Å². The third-order valence-electron chi connectivity index (χ3n) is 4.20. The lowest BCUT2D eigenvalue weighted by Gasteiger charge is -2.11. The van der Waals surface area contributed by atoms with Crippen LogP contribution < -0.4 is 4.74 Å². The van der Waals surface area contributed by atoms with Crippen molar-refractivity contribution < 1.29 is 18.6 Å². The molecule has 142 valence electrons. The molecule has 2 aromatic carbocycles. The number of aliphatic hydroxyl groups excluding tert-OH is 1. The van der Waals surface area contributed by atoms with Gasteiger partial charge in [0.1, 0.15) is 5.75 Å². The van der Waals surface area contributed by atoms with Crippen molar-refractivity contribution >= 4 is 11.8 Å². The minimum Gasteiger partial charge on any atom is -0.497 e. The van der Waals surface area contributed by atoms with Crippen LogP contribution in [0.1, 0.15) is 16.8 Å². The number of methoxy groups -OCH3 is 1. The van der Waals surface area contributed by atoms with Crippen LogP contribution in [-0.2, 0) is 25.3 Å². The molecule has 0 aliphatic rings. The molecule has 0 fully saturated rings. The first-order valence-corrected chi connectivity index (χ1v) is 9.44. The molecule has 1 heterocycles. The number of halogens is 2. The fourth-order valence-corrected chi connectivity index (χ4v) is 3.65. The molecule has 0 aliphatic carbocycles. The highest BCUT2D eigenvalue weighted by Gasteiger charge is 2.11. The maximum absolute atomic E-state index is 13.4. The third-order valence-corrected chi connectivity index (χ3v) is 5.26. The summed E-state index contributed by atoms with van der Waals surface area (Å²) in [6.07, 6.45) is 2.41. The summed E-state index contributed by atoms with van der Waals surface area (Å²) in [7, 11) is 1.63. The zero-order valence-electron chi connectivity index (χ0n) is 14.9. The highest BCUT2D eigenvalue weighted by molar-refractivity contribution is 7.98. The van der Waals surface area contributed by atoms with Crippen molar-refractivity contribution in [3.8, 4) is 5.75 Å². The van der Waals surface area contributed by atoms with E-state index in [9.17, 15) is 13.9 Å². The van der Waals surface area contributed by atoms with Gasteiger partial charge in [-0.15, -0.1) is 0 Å². The average Bonchev–Trinajstić information content (AvgIpc) is 3.09. The monoisotopic (exact) mass is 390 g/mol. The Morgan fingerprint density at radius 3 is 2.48 bits per heavy atom. The van der Waals surface area contributed by atoms with Crippen molar-refractivity contribution in [1.29, 1.82) is 0 Å². The predicted molar refractivity (Wildman–Crippen MR) is 101 cm³/mol. The maximum atomic E-state index is 13.4. The first-order chi connectivity index (χ1) is 13.1. The summed E-state index contributed by atoms with van der Waals surface area (Å²) in [4.78, 5) is 4.36. The Morgan fingerprint density at radius 1 is 1.07 bits per heavy atom. The molecular weight excluding hydrogens is 370 g/mol. The van der Waals surface area contributed by atoms with Gasteiger partial charge in [0.2, 0.25) is 0 Å². The first kappa shape index (κ1) is 19.4. The number of aromatic nitrogens is 2. The molecular formula is C20H20F2N2O2S. The van der Waals surface area contributed by atoms with Crippen molar-refractivity contribution in [2.75, 3.05) is 7.11 Å². The van der Waals surface area contributed by atoms with Gasteiger partial charge in [0.05, 0.1) is 25.6 Å². The minimum atomic E-state index is -0.855. The van der Waals surface area contributed by atoms with Crippen molar-refractivity contribution in [3.05, 3.63) is 77.1 Å². The zero-order valence-corrected chi connectivity index (χ0v) is 15.7.